The quantitative estimate of drug-likeness (QED) is 0.819. The van der Waals surface area contributed by atoms with E-state index >= 15 is 0 Å². The van der Waals surface area contributed by atoms with E-state index in [1.807, 2.05) is 19.1 Å². The molecule has 0 amide bonds. The van der Waals surface area contributed by atoms with Crippen LogP contribution in [0.25, 0.3) is 0 Å². The Morgan fingerprint density at radius 3 is 2.44 bits per heavy atom. The third-order valence-electron chi connectivity index (χ3n) is 5.86. The summed E-state index contributed by atoms with van der Waals surface area (Å²) in [4.78, 5) is 2.42. The minimum Gasteiger partial charge on any atom is -0.494 e. The van der Waals surface area contributed by atoms with Gasteiger partial charge in [0.2, 0.25) is 0 Å². The molecule has 3 rings (SSSR count). The molecule has 1 saturated carbocycles. The molecule has 25 heavy (non-hydrogen) atoms. The molecule has 1 unspecified atom stereocenters. The fourth-order valence-corrected chi connectivity index (χ4v) is 4.32. The summed E-state index contributed by atoms with van der Waals surface area (Å²) in [5.74, 6) is 1.24. The molecule has 0 aromatic heterocycles. The molecule has 1 heterocycles. The average Bonchev–Trinajstić information content (AvgIpc) is 2.68. The van der Waals surface area contributed by atoms with Gasteiger partial charge < -0.3 is 14.6 Å². The summed E-state index contributed by atoms with van der Waals surface area (Å²) < 4.78 is 11.0. The van der Waals surface area contributed by atoms with E-state index in [1.165, 1.54) is 19.3 Å². The standard InChI is InChI=1S/C21H33NO3/c1-2-25-20-10-8-19(9-11-20)21(23,18-6-4-3-5-7-18)12-13-22-14-16-24-17-15-22/h8-11,18,23H,2-7,12-17H2,1H3. The second kappa shape index (κ2) is 9.02. The summed E-state index contributed by atoms with van der Waals surface area (Å²) in [6.07, 6.45) is 6.84. The molecule has 1 saturated heterocycles. The topological polar surface area (TPSA) is 41.9 Å². The number of hydrogen-bond donors (Lipinski definition) is 1. The third kappa shape index (κ3) is 4.75. The zero-order valence-corrected chi connectivity index (χ0v) is 15.6. The van der Waals surface area contributed by atoms with E-state index in [-0.39, 0.29) is 0 Å². The molecule has 0 spiro atoms. The SMILES string of the molecule is CCOc1ccc(C(O)(CCN2CCOCC2)C2CCCCC2)cc1. The van der Waals surface area contributed by atoms with Crippen molar-refractivity contribution in [2.45, 2.75) is 51.0 Å². The fraction of sp³-hybridized carbons (Fsp3) is 0.714. The number of aliphatic hydroxyl groups is 1. The fourth-order valence-electron chi connectivity index (χ4n) is 4.32. The number of ether oxygens (including phenoxy) is 2. The van der Waals surface area contributed by atoms with E-state index in [4.69, 9.17) is 9.47 Å². The first-order chi connectivity index (χ1) is 12.2. The number of morpholine rings is 1. The summed E-state index contributed by atoms with van der Waals surface area (Å²) in [5, 5.41) is 11.8. The Morgan fingerprint density at radius 1 is 1.12 bits per heavy atom. The van der Waals surface area contributed by atoms with Crippen LogP contribution >= 0.6 is 0 Å². The van der Waals surface area contributed by atoms with Crippen molar-refractivity contribution in [3.8, 4) is 5.75 Å². The number of nitrogens with zero attached hydrogens (tertiary/aromatic N) is 1. The second-order valence-electron chi connectivity index (χ2n) is 7.42. The minimum atomic E-state index is -0.733. The van der Waals surface area contributed by atoms with Crippen molar-refractivity contribution in [2.24, 2.45) is 5.92 Å². The van der Waals surface area contributed by atoms with Crippen LogP contribution in [-0.2, 0) is 10.3 Å². The van der Waals surface area contributed by atoms with Crippen molar-refractivity contribution in [3.63, 3.8) is 0 Å². The molecule has 1 aromatic rings. The molecule has 0 radical (unpaired) electrons. The normalized spacial score (nSPS) is 22.5. The van der Waals surface area contributed by atoms with Gasteiger partial charge in [0.05, 0.1) is 25.4 Å². The van der Waals surface area contributed by atoms with Crippen molar-refractivity contribution in [1.29, 1.82) is 0 Å². The zero-order chi connectivity index (χ0) is 17.5. The summed E-state index contributed by atoms with van der Waals surface area (Å²) >= 11 is 0. The van der Waals surface area contributed by atoms with Gasteiger partial charge in [0.1, 0.15) is 5.75 Å². The smallest absolute Gasteiger partial charge is 0.119 e. The van der Waals surface area contributed by atoms with Crippen LogP contribution < -0.4 is 4.74 Å². The van der Waals surface area contributed by atoms with Gasteiger partial charge in [-0.25, -0.2) is 0 Å². The van der Waals surface area contributed by atoms with Gasteiger partial charge in [0.15, 0.2) is 0 Å². The van der Waals surface area contributed by atoms with Crippen LogP contribution in [0.1, 0.15) is 51.0 Å². The van der Waals surface area contributed by atoms with Crippen molar-refractivity contribution < 1.29 is 14.6 Å². The minimum absolute atomic E-state index is 0.361. The summed E-state index contributed by atoms with van der Waals surface area (Å²) in [6.45, 7) is 7.17. The first-order valence-corrected chi connectivity index (χ1v) is 9.98. The maximum Gasteiger partial charge on any atom is 0.119 e. The van der Waals surface area contributed by atoms with Gasteiger partial charge in [-0.1, -0.05) is 31.4 Å². The first kappa shape index (κ1) is 18.7. The highest BCUT2D eigenvalue weighted by Crippen LogP contribution is 2.42. The molecule has 0 bridgehead atoms. The van der Waals surface area contributed by atoms with Gasteiger partial charge in [-0.15, -0.1) is 0 Å². The highest BCUT2D eigenvalue weighted by molar-refractivity contribution is 5.31. The molecule has 1 N–H and O–H groups in total. The Labute approximate surface area is 152 Å². The van der Waals surface area contributed by atoms with E-state index < -0.39 is 5.60 Å². The van der Waals surface area contributed by atoms with Crippen LogP contribution in [0.2, 0.25) is 0 Å². The lowest BCUT2D eigenvalue weighted by atomic mass is 9.71. The van der Waals surface area contributed by atoms with Gasteiger partial charge in [0, 0.05) is 19.6 Å². The van der Waals surface area contributed by atoms with Crippen LogP contribution in [0.5, 0.6) is 5.75 Å². The van der Waals surface area contributed by atoms with E-state index in [9.17, 15) is 5.11 Å². The van der Waals surface area contributed by atoms with E-state index in [0.29, 0.717) is 12.5 Å². The molecule has 2 fully saturated rings. The molecule has 4 nitrogen and oxygen atoms in total. The van der Waals surface area contributed by atoms with Crippen LogP contribution in [0.3, 0.4) is 0 Å². The van der Waals surface area contributed by atoms with Crippen LogP contribution in [0.4, 0.5) is 0 Å². The largest absolute Gasteiger partial charge is 0.494 e. The lowest BCUT2D eigenvalue weighted by molar-refractivity contribution is -0.0581. The Morgan fingerprint density at radius 2 is 1.80 bits per heavy atom. The maximum atomic E-state index is 11.8. The molecule has 1 aliphatic carbocycles. The van der Waals surface area contributed by atoms with Crippen molar-refractivity contribution in [2.75, 3.05) is 39.5 Å². The number of benzene rings is 1. The van der Waals surface area contributed by atoms with Crippen LogP contribution in [-0.4, -0.2) is 49.5 Å². The Balaban J connectivity index is 1.74. The zero-order valence-electron chi connectivity index (χ0n) is 15.6. The van der Waals surface area contributed by atoms with E-state index in [0.717, 1.165) is 63.4 Å². The average molecular weight is 347 g/mol. The summed E-state index contributed by atoms with van der Waals surface area (Å²) in [7, 11) is 0. The maximum absolute atomic E-state index is 11.8. The third-order valence-corrected chi connectivity index (χ3v) is 5.86. The van der Waals surface area contributed by atoms with Gasteiger partial charge in [-0.2, -0.15) is 0 Å². The van der Waals surface area contributed by atoms with Crippen LogP contribution in [0.15, 0.2) is 24.3 Å². The Kier molecular flexibility index (Phi) is 6.74. The van der Waals surface area contributed by atoms with E-state index in [2.05, 4.69) is 17.0 Å². The van der Waals surface area contributed by atoms with E-state index in [1.54, 1.807) is 0 Å². The molecule has 2 aliphatic rings. The van der Waals surface area contributed by atoms with Crippen molar-refractivity contribution in [3.05, 3.63) is 29.8 Å². The first-order valence-electron chi connectivity index (χ1n) is 9.98. The highest BCUT2D eigenvalue weighted by atomic mass is 16.5. The highest BCUT2D eigenvalue weighted by Gasteiger charge is 2.39. The Bertz CT molecular complexity index is 506. The lowest BCUT2D eigenvalue weighted by Crippen LogP contribution is -2.43. The second-order valence-corrected chi connectivity index (χ2v) is 7.42. The van der Waals surface area contributed by atoms with Gasteiger partial charge in [0.25, 0.3) is 0 Å². The lowest BCUT2D eigenvalue weighted by Gasteiger charge is -2.40. The molecule has 1 aliphatic heterocycles. The van der Waals surface area contributed by atoms with Crippen molar-refractivity contribution in [1.82, 2.24) is 4.90 Å². The molecule has 140 valence electrons. The number of hydrogen-bond acceptors (Lipinski definition) is 4. The summed E-state index contributed by atoms with van der Waals surface area (Å²) in [6, 6.07) is 8.14. The predicted molar refractivity (Wildman–Crippen MR) is 100.0 cm³/mol. The van der Waals surface area contributed by atoms with Crippen LogP contribution in [0, 0.1) is 5.92 Å². The predicted octanol–water partition coefficient (Wildman–Crippen LogP) is 3.58. The monoisotopic (exact) mass is 347 g/mol. The summed E-state index contributed by atoms with van der Waals surface area (Å²) in [5.41, 5.74) is 0.319. The van der Waals surface area contributed by atoms with Gasteiger partial charge in [-0.05, 0) is 49.8 Å². The van der Waals surface area contributed by atoms with Gasteiger partial charge in [-0.3, -0.25) is 4.90 Å². The van der Waals surface area contributed by atoms with Gasteiger partial charge >= 0.3 is 0 Å². The molecular formula is C21H33NO3. The molecule has 1 aromatic carbocycles. The molecular weight excluding hydrogens is 314 g/mol. The molecule has 1 atom stereocenters. The molecule has 4 heteroatoms. The van der Waals surface area contributed by atoms with Crippen molar-refractivity contribution >= 4 is 0 Å². The Hall–Kier alpha value is -1.10. The number of rotatable bonds is 7.